The quantitative estimate of drug-likeness (QED) is 0.770. The molecule has 0 radical (unpaired) electrons. The van der Waals surface area contributed by atoms with Crippen LogP contribution in [-0.4, -0.2) is 25.4 Å². The van der Waals surface area contributed by atoms with Crippen LogP contribution in [0.4, 0.5) is 0 Å². The average molecular weight is 251 g/mol. The molecule has 0 spiro atoms. The molecule has 1 heterocycles. The maximum atomic E-state index is 9.20. The molecule has 4 unspecified atom stereocenters. The van der Waals surface area contributed by atoms with Crippen LogP contribution in [0.25, 0.3) is 0 Å². The molecule has 0 aromatic heterocycles. The van der Waals surface area contributed by atoms with Crippen LogP contribution in [-0.2, 0) is 9.47 Å². The fourth-order valence-corrected chi connectivity index (χ4v) is 3.08. The highest BCUT2D eigenvalue weighted by atomic mass is 16.5. The van der Waals surface area contributed by atoms with Crippen molar-refractivity contribution in [2.24, 2.45) is 11.8 Å². The third-order valence-corrected chi connectivity index (χ3v) is 4.41. The van der Waals surface area contributed by atoms with Gasteiger partial charge in [0.1, 0.15) is 0 Å². The predicted octanol–water partition coefficient (Wildman–Crippen LogP) is 3.29. The first-order valence-electron chi connectivity index (χ1n) is 7.46. The summed E-state index contributed by atoms with van der Waals surface area (Å²) < 4.78 is 11.7. The molecule has 1 aliphatic heterocycles. The Bertz CT molecular complexity index is 281. The van der Waals surface area contributed by atoms with Crippen LogP contribution in [0.1, 0.15) is 51.9 Å². The van der Waals surface area contributed by atoms with E-state index in [9.17, 15) is 5.26 Å². The van der Waals surface area contributed by atoms with E-state index in [4.69, 9.17) is 9.47 Å². The summed E-state index contributed by atoms with van der Waals surface area (Å²) >= 11 is 0. The normalized spacial score (nSPS) is 37.1. The van der Waals surface area contributed by atoms with Crippen molar-refractivity contribution < 1.29 is 9.47 Å². The Morgan fingerprint density at radius 3 is 2.83 bits per heavy atom. The van der Waals surface area contributed by atoms with Gasteiger partial charge in [0.2, 0.25) is 0 Å². The first kappa shape index (κ1) is 13.8. The van der Waals surface area contributed by atoms with Crippen molar-refractivity contribution in [1.82, 2.24) is 0 Å². The summed E-state index contributed by atoms with van der Waals surface area (Å²) in [4.78, 5) is 0. The van der Waals surface area contributed by atoms with E-state index >= 15 is 0 Å². The summed E-state index contributed by atoms with van der Waals surface area (Å²) in [6.07, 6.45) is 8.40. The number of ether oxygens (including phenoxy) is 2. The maximum absolute atomic E-state index is 9.20. The fraction of sp³-hybridized carbons (Fsp3) is 0.933. The Balaban J connectivity index is 1.79. The minimum Gasteiger partial charge on any atom is -0.376 e. The Morgan fingerprint density at radius 1 is 1.28 bits per heavy atom. The Labute approximate surface area is 110 Å². The molecule has 2 rings (SSSR count). The van der Waals surface area contributed by atoms with Crippen molar-refractivity contribution in [2.75, 3.05) is 13.2 Å². The number of hydrogen-bond donors (Lipinski definition) is 0. The van der Waals surface area contributed by atoms with Gasteiger partial charge in [0, 0.05) is 6.61 Å². The zero-order valence-corrected chi connectivity index (χ0v) is 11.4. The second-order valence-electron chi connectivity index (χ2n) is 5.68. The van der Waals surface area contributed by atoms with Gasteiger partial charge < -0.3 is 9.47 Å². The zero-order valence-electron chi connectivity index (χ0n) is 11.4. The van der Waals surface area contributed by atoms with Crippen LogP contribution >= 0.6 is 0 Å². The summed E-state index contributed by atoms with van der Waals surface area (Å²) in [5.74, 6) is 0.836. The molecule has 0 N–H and O–H groups in total. The molecule has 1 aliphatic carbocycles. The molecule has 18 heavy (non-hydrogen) atoms. The van der Waals surface area contributed by atoms with Crippen LogP contribution in [0.3, 0.4) is 0 Å². The van der Waals surface area contributed by atoms with Gasteiger partial charge in [0.05, 0.1) is 30.8 Å². The highest BCUT2D eigenvalue weighted by Gasteiger charge is 2.31. The highest BCUT2D eigenvalue weighted by Crippen LogP contribution is 2.32. The molecule has 3 heteroatoms. The number of nitriles is 1. The van der Waals surface area contributed by atoms with Crippen LogP contribution < -0.4 is 0 Å². The van der Waals surface area contributed by atoms with Gasteiger partial charge in [-0.2, -0.15) is 5.26 Å². The molecule has 102 valence electrons. The van der Waals surface area contributed by atoms with E-state index in [1.165, 1.54) is 25.7 Å². The standard InChI is InChI=1S/C15H25NO2/c1-2-12-6-7-13(10-16)15(9-12)18-11-14-5-3-4-8-17-14/h12-15H,2-9,11H2,1H3. The first-order valence-corrected chi connectivity index (χ1v) is 7.46. The van der Waals surface area contributed by atoms with Crippen molar-refractivity contribution in [2.45, 2.75) is 64.1 Å². The van der Waals surface area contributed by atoms with Gasteiger partial charge in [-0.05, 0) is 44.4 Å². The Hall–Kier alpha value is -0.590. The predicted molar refractivity (Wildman–Crippen MR) is 70.1 cm³/mol. The smallest absolute Gasteiger partial charge is 0.0808 e. The summed E-state index contributed by atoms with van der Waals surface area (Å²) in [5, 5.41) is 9.20. The molecule has 0 bridgehead atoms. The lowest BCUT2D eigenvalue weighted by atomic mass is 9.79. The van der Waals surface area contributed by atoms with Crippen LogP contribution in [0, 0.1) is 23.2 Å². The van der Waals surface area contributed by atoms with E-state index in [0.717, 1.165) is 31.8 Å². The van der Waals surface area contributed by atoms with Crippen molar-refractivity contribution in [3.8, 4) is 6.07 Å². The molecular formula is C15H25NO2. The van der Waals surface area contributed by atoms with Crippen LogP contribution in [0.15, 0.2) is 0 Å². The molecule has 4 atom stereocenters. The first-order chi connectivity index (χ1) is 8.83. The van der Waals surface area contributed by atoms with E-state index in [1.54, 1.807) is 0 Å². The monoisotopic (exact) mass is 251 g/mol. The number of rotatable bonds is 4. The summed E-state index contributed by atoms with van der Waals surface area (Å²) in [7, 11) is 0. The summed E-state index contributed by atoms with van der Waals surface area (Å²) in [6, 6.07) is 2.42. The summed E-state index contributed by atoms with van der Waals surface area (Å²) in [6.45, 7) is 3.79. The highest BCUT2D eigenvalue weighted by molar-refractivity contribution is 4.93. The third-order valence-electron chi connectivity index (χ3n) is 4.41. The average Bonchev–Trinajstić information content (AvgIpc) is 2.45. The molecule has 0 aromatic carbocycles. The van der Waals surface area contributed by atoms with Crippen molar-refractivity contribution >= 4 is 0 Å². The lowest BCUT2D eigenvalue weighted by molar-refractivity contribution is -0.0838. The Morgan fingerprint density at radius 2 is 2.17 bits per heavy atom. The van der Waals surface area contributed by atoms with Crippen molar-refractivity contribution in [3.05, 3.63) is 0 Å². The fourth-order valence-electron chi connectivity index (χ4n) is 3.08. The van der Waals surface area contributed by atoms with Crippen molar-refractivity contribution in [3.63, 3.8) is 0 Å². The molecule has 3 nitrogen and oxygen atoms in total. The van der Waals surface area contributed by atoms with Gasteiger partial charge in [-0.15, -0.1) is 0 Å². The SMILES string of the molecule is CCC1CCC(C#N)C(OCC2CCCCO2)C1. The van der Waals surface area contributed by atoms with Gasteiger partial charge in [-0.3, -0.25) is 0 Å². The van der Waals surface area contributed by atoms with E-state index in [0.29, 0.717) is 6.61 Å². The van der Waals surface area contributed by atoms with Gasteiger partial charge in [0.25, 0.3) is 0 Å². The van der Waals surface area contributed by atoms with E-state index in [1.807, 2.05) is 0 Å². The largest absolute Gasteiger partial charge is 0.376 e. The van der Waals surface area contributed by atoms with E-state index < -0.39 is 0 Å². The lowest BCUT2D eigenvalue weighted by Crippen LogP contribution is -2.34. The van der Waals surface area contributed by atoms with Crippen LogP contribution in [0.2, 0.25) is 0 Å². The maximum Gasteiger partial charge on any atom is 0.0808 e. The molecule has 0 aromatic rings. The van der Waals surface area contributed by atoms with Crippen molar-refractivity contribution in [1.29, 1.82) is 5.26 Å². The van der Waals surface area contributed by atoms with Crippen LogP contribution in [0.5, 0.6) is 0 Å². The summed E-state index contributed by atoms with van der Waals surface area (Å²) in [5.41, 5.74) is 0. The molecule has 2 fully saturated rings. The minimum absolute atomic E-state index is 0.0939. The topological polar surface area (TPSA) is 42.2 Å². The molecule has 2 aliphatic rings. The molecule has 1 saturated heterocycles. The zero-order chi connectivity index (χ0) is 12.8. The van der Waals surface area contributed by atoms with E-state index in [-0.39, 0.29) is 18.1 Å². The Kier molecular flexibility index (Phi) is 5.46. The van der Waals surface area contributed by atoms with Gasteiger partial charge in [-0.1, -0.05) is 13.3 Å². The van der Waals surface area contributed by atoms with Gasteiger partial charge in [-0.25, -0.2) is 0 Å². The number of nitrogens with zero attached hydrogens (tertiary/aromatic N) is 1. The van der Waals surface area contributed by atoms with Gasteiger partial charge in [0.15, 0.2) is 0 Å². The van der Waals surface area contributed by atoms with Gasteiger partial charge >= 0.3 is 0 Å². The minimum atomic E-state index is 0.0939. The molecule has 1 saturated carbocycles. The second-order valence-corrected chi connectivity index (χ2v) is 5.68. The number of hydrogen-bond acceptors (Lipinski definition) is 3. The second kappa shape index (κ2) is 7.11. The third kappa shape index (κ3) is 3.70. The molecule has 0 amide bonds. The molecular weight excluding hydrogens is 226 g/mol. The lowest BCUT2D eigenvalue weighted by Gasteiger charge is -2.33. The van der Waals surface area contributed by atoms with E-state index in [2.05, 4.69) is 13.0 Å².